The van der Waals surface area contributed by atoms with Crippen LogP contribution in [-0.4, -0.2) is 23.0 Å². The summed E-state index contributed by atoms with van der Waals surface area (Å²) in [6, 6.07) is 0.639. The van der Waals surface area contributed by atoms with E-state index in [2.05, 4.69) is 10.3 Å². The normalized spacial score (nSPS) is 31.6. The average Bonchev–Trinajstić information content (AvgIpc) is 2.83. The molecule has 1 aromatic rings. The van der Waals surface area contributed by atoms with Gasteiger partial charge in [0.05, 0.1) is 5.51 Å². The SMILES string of the molecule is Cl.Cl.NC1CC2CCCC(C1)C2NC(=O)c1cscn1. The molecule has 1 heterocycles. The smallest absolute Gasteiger partial charge is 0.270 e. The first-order valence-electron chi connectivity index (χ1n) is 6.68. The van der Waals surface area contributed by atoms with E-state index >= 15 is 0 Å². The number of nitrogens with two attached hydrogens (primary N) is 1. The largest absolute Gasteiger partial charge is 0.347 e. The number of thiazole rings is 1. The zero-order chi connectivity index (χ0) is 12.5. The van der Waals surface area contributed by atoms with Crippen molar-refractivity contribution in [2.45, 2.75) is 44.2 Å². The van der Waals surface area contributed by atoms with Crippen LogP contribution < -0.4 is 11.1 Å². The zero-order valence-corrected chi connectivity index (χ0v) is 13.6. The molecule has 0 spiro atoms. The van der Waals surface area contributed by atoms with Crippen molar-refractivity contribution in [3.8, 4) is 0 Å². The number of carbonyl (C=O) groups is 1. The van der Waals surface area contributed by atoms with Gasteiger partial charge in [0.2, 0.25) is 0 Å². The van der Waals surface area contributed by atoms with Gasteiger partial charge < -0.3 is 11.1 Å². The van der Waals surface area contributed by atoms with Crippen LogP contribution in [0.2, 0.25) is 0 Å². The molecule has 114 valence electrons. The zero-order valence-electron chi connectivity index (χ0n) is 11.2. The third kappa shape index (κ3) is 3.64. The molecule has 7 heteroatoms. The van der Waals surface area contributed by atoms with Crippen LogP contribution in [-0.2, 0) is 0 Å². The number of rotatable bonds is 2. The molecule has 0 aromatic carbocycles. The van der Waals surface area contributed by atoms with E-state index < -0.39 is 0 Å². The van der Waals surface area contributed by atoms with E-state index in [1.54, 1.807) is 10.9 Å². The number of amides is 1. The fourth-order valence-electron chi connectivity index (χ4n) is 3.57. The predicted octanol–water partition coefficient (Wildman–Crippen LogP) is 2.62. The summed E-state index contributed by atoms with van der Waals surface area (Å²) in [5, 5.41) is 5.00. The molecule has 2 bridgehead atoms. The summed E-state index contributed by atoms with van der Waals surface area (Å²) in [6.45, 7) is 0. The molecule has 0 saturated heterocycles. The molecule has 2 unspecified atom stereocenters. The Bertz CT molecular complexity index is 415. The number of halogens is 2. The lowest BCUT2D eigenvalue weighted by atomic mass is 9.67. The molecule has 3 rings (SSSR count). The second kappa shape index (κ2) is 7.59. The topological polar surface area (TPSA) is 68.0 Å². The van der Waals surface area contributed by atoms with E-state index in [1.165, 1.54) is 30.6 Å². The van der Waals surface area contributed by atoms with E-state index in [0.717, 1.165) is 12.8 Å². The second-order valence-electron chi connectivity index (χ2n) is 5.56. The van der Waals surface area contributed by atoms with Crippen molar-refractivity contribution in [1.82, 2.24) is 10.3 Å². The number of nitrogens with zero attached hydrogens (tertiary/aromatic N) is 1. The van der Waals surface area contributed by atoms with Gasteiger partial charge in [0.1, 0.15) is 5.69 Å². The van der Waals surface area contributed by atoms with Crippen molar-refractivity contribution in [2.75, 3.05) is 0 Å². The molecule has 1 aromatic heterocycles. The van der Waals surface area contributed by atoms with Gasteiger partial charge in [-0.05, 0) is 37.5 Å². The quantitative estimate of drug-likeness (QED) is 0.871. The first kappa shape index (κ1) is 17.7. The standard InChI is InChI=1S/C13H19N3OS.2ClH/c14-10-4-8-2-1-3-9(5-10)12(8)16-13(17)11-6-18-7-15-11;;/h6-10,12H,1-5,14H2,(H,16,17);2*1H. The van der Waals surface area contributed by atoms with Crippen LogP contribution in [0.5, 0.6) is 0 Å². The highest BCUT2D eigenvalue weighted by Crippen LogP contribution is 2.39. The average molecular weight is 338 g/mol. The van der Waals surface area contributed by atoms with Crippen LogP contribution in [0, 0.1) is 11.8 Å². The lowest BCUT2D eigenvalue weighted by molar-refractivity contribution is 0.0752. The highest BCUT2D eigenvalue weighted by atomic mass is 35.5. The second-order valence-corrected chi connectivity index (χ2v) is 6.27. The fraction of sp³-hybridized carbons (Fsp3) is 0.692. The van der Waals surface area contributed by atoms with Gasteiger partial charge in [-0.1, -0.05) is 6.42 Å². The summed E-state index contributed by atoms with van der Waals surface area (Å²) < 4.78 is 0. The van der Waals surface area contributed by atoms with Crippen molar-refractivity contribution in [1.29, 1.82) is 0 Å². The summed E-state index contributed by atoms with van der Waals surface area (Å²) in [4.78, 5) is 16.2. The van der Waals surface area contributed by atoms with E-state index in [4.69, 9.17) is 5.73 Å². The van der Waals surface area contributed by atoms with Crippen LogP contribution >= 0.6 is 36.2 Å². The van der Waals surface area contributed by atoms with E-state index in [0.29, 0.717) is 29.6 Å². The minimum atomic E-state index is -0.0198. The molecule has 20 heavy (non-hydrogen) atoms. The summed E-state index contributed by atoms with van der Waals surface area (Å²) in [6.07, 6.45) is 5.79. The van der Waals surface area contributed by atoms with Crippen molar-refractivity contribution in [2.24, 2.45) is 17.6 Å². The number of carbonyl (C=O) groups excluding carboxylic acids is 1. The Labute approximate surface area is 135 Å². The van der Waals surface area contributed by atoms with Crippen LogP contribution in [0.4, 0.5) is 0 Å². The summed E-state index contributed by atoms with van der Waals surface area (Å²) in [7, 11) is 0. The third-order valence-electron chi connectivity index (χ3n) is 4.34. The van der Waals surface area contributed by atoms with Crippen molar-refractivity contribution in [3.05, 3.63) is 16.6 Å². The van der Waals surface area contributed by atoms with E-state index in [-0.39, 0.29) is 30.7 Å². The fourth-order valence-corrected chi connectivity index (χ4v) is 4.11. The molecule has 2 fully saturated rings. The van der Waals surface area contributed by atoms with Crippen LogP contribution in [0.25, 0.3) is 0 Å². The highest BCUT2D eigenvalue weighted by Gasteiger charge is 2.40. The molecular formula is C13H21Cl2N3OS. The molecule has 0 aliphatic heterocycles. The Morgan fingerprint density at radius 1 is 1.30 bits per heavy atom. The van der Waals surface area contributed by atoms with Gasteiger partial charge in [-0.15, -0.1) is 36.2 Å². The molecule has 2 atom stereocenters. The molecule has 0 radical (unpaired) electrons. The first-order chi connectivity index (χ1) is 8.74. The lowest BCUT2D eigenvalue weighted by Gasteiger charge is -2.45. The summed E-state index contributed by atoms with van der Waals surface area (Å²) in [5.74, 6) is 1.11. The number of hydrogen-bond acceptors (Lipinski definition) is 4. The van der Waals surface area contributed by atoms with Crippen LogP contribution in [0.15, 0.2) is 10.9 Å². The Balaban J connectivity index is 0.000001000. The van der Waals surface area contributed by atoms with Gasteiger partial charge in [-0.2, -0.15) is 0 Å². The van der Waals surface area contributed by atoms with Crippen LogP contribution in [0.1, 0.15) is 42.6 Å². The first-order valence-corrected chi connectivity index (χ1v) is 7.63. The van der Waals surface area contributed by atoms with Gasteiger partial charge in [-0.25, -0.2) is 4.98 Å². The molecule has 1 amide bonds. The lowest BCUT2D eigenvalue weighted by Crippen LogP contribution is -2.53. The maximum absolute atomic E-state index is 12.1. The molecular weight excluding hydrogens is 317 g/mol. The predicted molar refractivity (Wildman–Crippen MR) is 85.9 cm³/mol. The third-order valence-corrected chi connectivity index (χ3v) is 4.93. The Morgan fingerprint density at radius 3 is 2.50 bits per heavy atom. The van der Waals surface area contributed by atoms with Gasteiger partial charge in [0, 0.05) is 17.5 Å². The van der Waals surface area contributed by atoms with E-state index in [9.17, 15) is 4.79 Å². The van der Waals surface area contributed by atoms with Gasteiger partial charge >= 0.3 is 0 Å². The Morgan fingerprint density at radius 2 is 1.95 bits per heavy atom. The Hall–Kier alpha value is -0.360. The number of nitrogens with one attached hydrogen (secondary N) is 1. The number of fused-ring (bicyclic) bond motifs is 2. The number of hydrogen-bond donors (Lipinski definition) is 2. The minimum absolute atomic E-state index is 0. The van der Waals surface area contributed by atoms with Gasteiger partial charge in [0.15, 0.2) is 0 Å². The minimum Gasteiger partial charge on any atom is -0.347 e. The summed E-state index contributed by atoms with van der Waals surface area (Å²) in [5.41, 5.74) is 8.34. The van der Waals surface area contributed by atoms with Crippen molar-refractivity contribution >= 4 is 42.1 Å². The van der Waals surface area contributed by atoms with Gasteiger partial charge in [0.25, 0.3) is 5.91 Å². The maximum Gasteiger partial charge on any atom is 0.270 e. The maximum atomic E-state index is 12.1. The molecule has 2 saturated carbocycles. The molecule has 2 aliphatic rings. The molecule has 4 nitrogen and oxygen atoms in total. The summed E-state index contributed by atoms with van der Waals surface area (Å²) >= 11 is 1.46. The van der Waals surface area contributed by atoms with Crippen molar-refractivity contribution in [3.63, 3.8) is 0 Å². The molecule has 2 aliphatic carbocycles. The van der Waals surface area contributed by atoms with Crippen LogP contribution in [0.3, 0.4) is 0 Å². The number of aromatic nitrogens is 1. The van der Waals surface area contributed by atoms with Crippen molar-refractivity contribution < 1.29 is 4.79 Å². The highest BCUT2D eigenvalue weighted by molar-refractivity contribution is 7.07. The Kier molecular flexibility index (Phi) is 6.72. The van der Waals surface area contributed by atoms with Gasteiger partial charge in [-0.3, -0.25) is 4.79 Å². The molecule has 3 N–H and O–H groups in total. The van der Waals surface area contributed by atoms with E-state index in [1.807, 2.05) is 0 Å². The monoisotopic (exact) mass is 337 g/mol.